The Bertz CT molecular complexity index is 385. The second kappa shape index (κ2) is 10.6. The zero-order valence-corrected chi connectivity index (χ0v) is 14.2. The molecule has 1 unspecified atom stereocenters. The van der Waals surface area contributed by atoms with Crippen molar-refractivity contribution in [3.63, 3.8) is 0 Å². The van der Waals surface area contributed by atoms with E-state index in [0.29, 0.717) is 19.8 Å². The summed E-state index contributed by atoms with van der Waals surface area (Å²) >= 11 is 0. The summed E-state index contributed by atoms with van der Waals surface area (Å²) in [6.07, 6.45) is 5.25. The molecule has 0 saturated heterocycles. The van der Waals surface area contributed by atoms with Crippen molar-refractivity contribution in [3.05, 3.63) is 0 Å². The minimum atomic E-state index is -0.111. The van der Waals surface area contributed by atoms with Crippen LogP contribution in [0.25, 0.3) is 0 Å². The van der Waals surface area contributed by atoms with Gasteiger partial charge in [0.2, 0.25) is 5.91 Å². The first-order valence-corrected chi connectivity index (χ1v) is 8.17. The third kappa shape index (κ3) is 9.04. The minimum Gasteiger partial charge on any atom is -0.378 e. The van der Waals surface area contributed by atoms with E-state index in [1.54, 1.807) is 0 Å². The average molecular weight is 310 g/mol. The second-order valence-electron chi connectivity index (χ2n) is 6.26. The smallest absolute Gasteiger partial charge is 0.246 e. The summed E-state index contributed by atoms with van der Waals surface area (Å²) in [6.45, 7) is 5.80. The minimum absolute atomic E-state index is 0.0516. The van der Waals surface area contributed by atoms with Gasteiger partial charge in [0.25, 0.3) is 0 Å². The Kier molecular flexibility index (Phi) is 9.14. The Morgan fingerprint density at radius 1 is 1.32 bits per heavy atom. The Balaban J connectivity index is 2.08. The number of carbonyl (C=O) groups excluding carboxylic acids is 1. The van der Waals surface area contributed by atoms with Crippen LogP contribution in [-0.2, 0) is 14.3 Å². The van der Waals surface area contributed by atoms with E-state index in [2.05, 4.69) is 36.3 Å². The van der Waals surface area contributed by atoms with E-state index < -0.39 is 0 Å². The molecule has 0 aromatic carbocycles. The number of nitrogens with one attached hydrogen (secondary N) is 2. The molecular formula is C17H30N2O3. The predicted molar refractivity (Wildman–Crippen MR) is 87.6 cm³/mol. The van der Waals surface area contributed by atoms with Crippen LogP contribution in [-0.4, -0.2) is 51.0 Å². The summed E-state index contributed by atoms with van der Waals surface area (Å²) in [7, 11) is 1.90. The van der Waals surface area contributed by atoms with Gasteiger partial charge in [-0.2, -0.15) is 0 Å². The van der Waals surface area contributed by atoms with Crippen LogP contribution in [0.1, 0.15) is 46.0 Å². The highest BCUT2D eigenvalue weighted by Crippen LogP contribution is 2.10. The van der Waals surface area contributed by atoms with E-state index in [1.807, 2.05) is 7.05 Å². The average Bonchev–Trinajstić information content (AvgIpc) is 2.45. The topological polar surface area (TPSA) is 59.6 Å². The van der Waals surface area contributed by atoms with Crippen molar-refractivity contribution in [2.75, 3.05) is 33.4 Å². The van der Waals surface area contributed by atoms with Crippen molar-refractivity contribution in [2.24, 2.45) is 0 Å². The van der Waals surface area contributed by atoms with Gasteiger partial charge in [0.05, 0.1) is 13.2 Å². The van der Waals surface area contributed by atoms with Crippen molar-refractivity contribution >= 4 is 5.91 Å². The summed E-state index contributed by atoms with van der Waals surface area (Å²) < 4.78 is 11.1. The van der Waals surface area contributed by atoms with Gasteiger partial charge in [-0.05, 0) is 40.2 Å². The number of hydrogen-bond acceptors (Lipinski definition) is 4. The lowest BCUT2D eigenvalue weighted by atomic mass is 10.1. The van der Waals surface area contributed by atoms with Gasteiger partial charge in [0, 0.05) is 18.5 Å². The molecule has 1 atom stereocenters. The van der Waals surface area contributed by atoms with Crippen LogP contribution in [0.4, 0.5) is 0 Å². The van der Waals surface area contributed by atoms with Gasteiger partial charge in [-0.1, -0.05) is 12.3 Å². The SMILES string of the molecule is CNC(C)(C)COCCNC(=O)COC1C#CCCCCC1. The van der Waals surface area contributed by atoms with E-state index in [1.165, 1.54) is 12.8 Å². The molecule has 1 amide bonds. The highest BCUT2D eigenvalue weighted by atomic mass is 16.5. The molecule has 0 aromatic rings. The lowest BCUT2D eigenvalue weighted by molar-refractivity contribution is -0.127. The Morgan fingerprint density at radius 2 is 2.14 bits per heavy atom. The summed E-state index contributed by atoms with van der Waals surface area (Å²) in [5.41, 5.74) is -0.0516. The number of carbonyl (C=O) groups is 1. The normalized spacial score (nSPS) is 18.8. The van der Waals surface area contributed by atoms with Crippen molar-refractivity contribution < 1.29 is 14.3 Å². The quantitative estimate of drug-likeness (QED) is 0.500. The van der Waals surface area contributed by atoms with E-state index in [0.717, 1.165) is 19.3 Å². The van der Waals surface area contributed by atoms with Gasteiger partial charge in [-0.15, -0.1) is 5.92 Å². The van der Waals surface area contributed by atoms with Gasteiger partial charge in [0.15, 0.2) is 0 Å². The zero-order valence-electron chi connectivity index (χ0n) is 14.2. The zero-order chi connectivity index (χ0) is 16.3. The molecule has 0 heterocycles. The van der Waals surface area contributed by atoms with Crippen LogP contribution in [0, 0.1) is 11.8 Å². The molecule has 2 N–H and O–H groups in total. The Labute approximate surface area is 134 Å². The molecule has 5 nitrogen and oxygen atoms in total. The lowest BCUT2D eigenvalue weighted by Gasteiger charge is -2.23. The van der Waals surface area contributed by atoms with E-state index in [9.17, 15) is 4.79 Å². The molecule has 126 valence electrons. The molecule has 1 rings (SSSR count). The predicted octanol–water partition coefficient (Wildman–Crippen LogP) is 1.47. The van der Waals surface area contributed by atoms with Gasteiger partial charge in [-0.25, -0.2) is 0 Å². The molecule has 1 aliphatic carbocycles. The second-order valence-corrected chi connectivity index (χ2v) is 6.26. The van der Waals surface area contributed by atoms with E-state index >= 15 is 0 Å². The molecule has 0 spiro atoms. The monoisotopic (exact) mass is 310 g/mol. The maximum Gasteiger partial charge on any atom is 0.246 e. The maximum absolute atomic E-state index is 11.7. The third-order valence-corrected chi connectivity index (χ3v) is 3.66. The first-order chi connectivity index (χ1) is 10.5. The van der Waals surface area contributed by atoms with Crippen LogP contribution < -0.4 is 10.6 Å². The maximum atomic E-state index is 11.7. The van der Waals surface area contributed by atoms with Crippen molar-refractivity contribution in [2.45, 2.75) is 57.6 Å². The largest absolute Gasteiger partial charge is 0.378 e. The van der Waals surface area contributed by atoms with Crippen LogP contribution in [0.5, 0.6) is 0 Å². The van der Waals surface area contributed by atoms with Crippen LogP contribution >= 0.6 is 0 Å². The Hall–Kier alpha value is -1.09. The number of amides is 1. The molecule has 0 bridgehead atoms. The molecule has 0 radical (unpaired) electrons. The fraction of sp³-hybridized carbons (Fsp3) is 0.824. The van der Waals surface area contributed by atoms with Crippen molar-refractivity contribution in [1.29, 1.82) is 0 Å². The number of ether oxygens (including phenoxy) is 2. The van der Waals surface area contributed by atoms with Crippen LogP contribution in [0.2, 0.25) is 0 Å². The molecular weight excluding hydrogens is 280 g/mol. The third-order valence-electron chi connectivity index (χ3n) is 3.66. The fourth-order valence-electron chi connectivity index (χ4n) is 1.99. The van der Waals surface area contributed by atoms with Gasteiger partial charge in [0.1, 0.15) is 12.7 Å². The number of hydrogen-bond donors (Lipinski definition) is 2. The first kappa shape index (κ1) is 19.0. The standard InChI is InChI=1S/C17H30N2O3/c1-17(2,18-3)14-21-12-11-19-16(20)13-22-15-9-7-5-4-6-8-10-15/h15,18H,4-7,9,11-14H2,1-3H3,(H,19,20). The number of rotatable bonds is 9. The molecule has 22 heavy (non-hydrogen) atoms. The highest BCUT2D eigenvalue weighted by Gasteiger charge is 2.14. The molecule has 0 saturated carbocycles. The Morgan fingerprint density at radius 3 is 2.91 bits per heavy atom. The molecule has 5 heteroatoms. The highest BCUT2D eigenvalue weighted by molar-refractivity contribution is 5.77. The summed E-state index contributed by atoms with van der Waals surface area (Å²) in [5.74, 6) is 6.09. The molecule has 1 aliphatic rings. The van der Waals surface area contributed by atoms with Crippen LogP contribution in [0.15, 0.2) is 0 Å². The first-order valence-electron chi connectivity index (χ1n) is 8.17. The summed E-state index contributed by atoms with van der Waals surface area (Å²) in [6, 6.07) is 0. The molecule has 0 aliphatic heterocycles. The summed E-state index contributed by atoms with van der Waals surface area (Å²) in [4.78, 5) is 11.7. The lowest BCUT2D eigenvalue weighted by Crippen LogP contribution is -2.41. The van der Waals surface area contributed by atoms with Crippen molar-refractivity contribution in [3.8, 4) is 11.8 Å². The summed E-state index contributed by atoms with van der Waals surface area (Å²) in [5, 5.41) is 5.96. The van der Waals surface area contributed by atoms with Gasteiger partial charge in [-0.3, -0.25) is 4.79 Å². The van der Waals surface area contributed by atoms with Gasteiger partial charge < -0.3 is 20.1 Å². The van der Waals surface area contributed by atoms with E-state index in [4.69, 9.17) is 9.47 Å². The number of likely N-dealkylation sites (N-methyl/N-ethyl adjacent to an activating group) is 1. The molecule has 0 aromatic heterocycles. The molecule has 0 fully saturated rings. The van der Waals surface area contributed by atoms with Crippen LogP contribution in [0.3, 0.4) is 0 Å². The van der Waals surface area contributed by atoms with E-state index in [-0.39, 0.29) is 24.2 Å². The van der Waals surface area contributed by atoms with Crippen molar-refractivity contribution in [1.82, 2.24) is 10.6 Å². The van der Waals surface area contributed by atoms with Gasteiger partial charge >= 0.3 is 0 Å². The fourth-order valence-corrected chi connectivity index (χ4v) is 1.99.